The largest absolute Gasteiger partial charge is 0.497 e. The van der Waals surface area contributed by atoms with E-state index in [0.29, 0.717) is 54.7 Å². The number of methoxy groups -OCH3 is 3. The maximum Gasteiger partial charge on any atom is 0.432 e. The molecular weight excluding hydrogens is 637 g/mol. The van der Waals surface area contributed by atoms with Crippen molar-refractivity contribution < 1.29 is 46.4 Å². The third-order valence-corrected chi connectivity index (χ3v) is 8.88. The van der Waals surface area contributed by atoms with Crippen molar-refractivity contribution in [3.05, 3.63) is 94.1 Å². The first-order chi connectivity index (χ1) is 23.1. The molecule has 3 rings (SSSR count). The van der Waals surface area contributed by atoms with Crippen LogP contribution in [0.5, 0.6) is 11.5 Å². The Bertz CT molecular complexity index is 1540. The number of benzene rings is 2. The summed E-state index contributed by atoms with van der Waals surface area (Å²) in [6, 6.07) is 10.3. The van der Waals surface area contributed by atoms with E-state index in [9.17, 15) is 22.8 Å². The molecule has 1 aliphatic rings. The lowest BCUT2D eigenvalue weighted by Gasteiger charge is -2.44. The second kappa shape index (κ2) is 17.1. The van der Waals surface area contributed by atoms with Gasteiger partial charge < -0.3 is 23.7 Å². The summed E-state index contributed by atoms with van der Waals surface area (Å²) in [5, 5.41) is 0. The number of hydrogen-bond donors (Lipinski definition) is 0. The Morgan fingerprint density at radius 3 is 2.22 bits per heavy atom. The van der Waals surface area contributed by atoms with Gasteiger partial charge in [0.25, 0.3) is 5.60 Å². The number of carbonyl (C=O) groups excluding carboxylic acids is 2. The molecule has 0 amide bonds. The molecule has 1 aliphatic heterocycles. The zero-order valence-electron chi connectivity index (χ0n) is 29.8. The monoisotopic (exact) mass is 686 g/mol. The number of alkyl halides is 3. The van der Waals surface area contributed by atoms with E-state index in [-0.39, 0.29) is 18.0 Å². The van der Waals surface area contributed by atoms with E-state index in [1.54, 1.807) is 19.1 Å². The van der Waals surface area contributed by atoms with E-state index in [0.717, 1.165) is 24.7 Å². The van der Waals surface area contributed by atoms with Crippen LogP contribution in [0, 0.1) is 6.92 Å². The highest BCUT2D eigenvalue weighted by molar-refractivity contribution is 5.88. The summed E-state index contributed by atoms with van der Waals surface area (Å²) >= 11 is 0. The summed E-state index contributed by atoms with van der Waals surface area (Å²) in [4.78, 5) is 26.0. The Morgan fingerprint density at radius 1 is 0.959 bits per heavy atom. The van der Waals surface area contributed by atoms with Crippen molar-refractivity contribution in [1.29, 1.82) is 0 Å². The van der Waals surface area contributed by atoms with E-state index in [1.807, 2.05) is 45.9 Å². The number of rotatable bonds is 15. The van der Waals surface area contributed by atoms with Crippen molar-refractivity contribution in [3.63, 3.8) is 0 Å². The van der Waals surface area contributed by atoms with Gasteiger partial charge in [-0.3, -0.25) is 0 Å². The molecule has 2 aromatic carbocycles. The molecule has 2 unspecified atom stereocenters. The van der Waals surface area contributed by atoms with E-state index < -0.39 is 29.5 Å². The lowest BCUT2D eigenvalue weighted by molar-refractivity contribution is -0.281. The molecule has 0 spiro atoms. The van der Waals surface area contributed by atoms with Crippen LogP contribution in [-0.2, 0) is 35.8 Å². The van der Waals surface area contributed by atoms with Crippen LogP contribution in [-0.4, -0.2) is 51.1 Å². The highest BCUT2D eigenvalue weighted by Gasteiger charge is 2.65. The van der Waals surface area contributed by atoms with Gasteiger partial charge in [-0.25, -0.2) is 9.59 Å². The molecule has 49 heavy (non-hydrogen) atoms. The summed E-state index contributed by atoms with van der Waals surface area (Å²) in [5.74, 6) is -0.766. The van der Waals surface area contributed by atoms with Gasteiger partial charge in [0.15, 0.2) is 0 Å². The molecule has 0 radical (unpaired) electrons. The second-order valence-corrected chi connectivity index (χ2v) is 12.9. The zero-order chi connectivity index (χ0) is 36.4. The predicted molar refractivity (Wildman–Crippen MR) is 183 cm³/mol. The molecule has 10 heteroatoms. The summed E-state index contributed by atoms with van der Waals surface area (Å²) < 4.78 is 71.9. The van der Waals surface area contributed by atoms with Crippen LogP contribution in [0.4, 0.5) is 13.2 Å². The molecule has 0 saturated heterocycles. The topological polar surface area (TPSA) is 80.3 Å². The fourth-order valence-electron chi connectivity index (χ4n) is 6.03. The Morgan fingerprint density at radius 2 is 1.63 bits per heavy atom. The van der Waals surface area contributed by atoms with Crippen LogP contribution < -0.4 is 9.47 Å². The van der Waals surface area contributed by atoms with Crippen molar-refractivity contribution in [1.82, 2.24) is 0 Å². The summed E-state index contributed by atoms with van der Waals surface area (Å²) in [7, 11) is 3.74. The van der Waals surface area contributed by atoms with Crippen molar-refractivity contribution >= 4 is 11.9 Å². The third-order valence-electron chi connectivity index (χ3n) is 8.88. The van der Waals surface area contributed by atoms with Gasteiger partial charge in [-0.15, -0.1) is 0 Å². The molecule has 3 atom stereocenters. The molecule has 0 aromatic heterocycles. The quantitative estimate of drug-likeness (QED) is 0.105. The van der Waals surface area contributed by atoms with Gasteiger partial charge in [0, 0.05) is 30.2 Å². The maximum absolute atomic E-state index is 14.7. The minimum Gasteiger partial charge on any atom is -0.497 e. The average molecular weight is 687 g/mol. The Hall–Kier alpha value is -4.05. The fraction of sp³-hybridized carbons (Fsp3) is 0.487. The first kappa shape index (κ1) is 39.4. The predicted octanol–water partition coefficient (Wildman–Crippen LogP) is 9.07. The van der Waals surface area contributed by atoms with Crippen molar-refractivity contribution in [2.75, 3.05) is 21.3 Å². The molecule has 2 aromatic rings. The summed E-state index contributed by atoms with van der Waals surface area (Å²) in [6.07, 6.45) is 3.46. The molecule has 0 aliphatic carbocycles. The van der Waals surface area contributed by atoms with Crippen LogP contribution in [0.15, 0.2) is 77.4 Å². The fourth-order valence-corrected chi connectivity index (χ4v) is 6.03. The minimum absolute atomic E-state index is 0.110. The summed E-state index contributed by atoms with van der Waals surface area (Å²) in [6.45, 7) is 9.63. The molecular formula is C39H49F3O7. The van der Waals surface area contributed by atoms with Crippen molar-refractivity contribution in [2.45, 2.75) is 103 Å². The molecule has 1 heterocycles. The molecule has 7 nitrogen and oxygen atoms in total. The minimum atomic E-state index is -5.11. The van der Waals surface area contributed by atoms with Gasteiger partial charge in [-0.05, 0) is 90.8 Å². The van der Waals surface area contributed by atoms with Gasteiger partial charge in [-0.1, -0.05) is 59.7 Å². The van der Waals surface area contributed by atoms with E-state index in [2.05, 4.69) is 6.08 Å². The number of aryl methyl sites for hydroxylation is 1. The number of fused-ring (bicyclic) bond motifs is 1. The van der Waals surface area contributed by atoms with Gasteiger partial charge >= 0.3 is 18.1 Å². The smallest absolute Gasteiger partial charge is 0.432 e. The zero-order valence-corrected chi connectivity index (χ0v) is 29.8. The van der Waals surface area contributed by atoms with Gasteiger partial charge in [0.05, 0.1) is 14.2 Å². The van der Waals surface area contributed by atoms with Crippen molar-refractivity contribution in [2.24, 2.45) is 0 Å². The normalized spacial score (nSPS) is 19.2. The SMILES string of the molecule is COC(=O)/C(=C\CC/C(C)=C/CCC1(C)Oc2c(C)cc(OC)cc2CC1OC(=O)[C@](OC)(c1ccccc1)C(F)(F)F)CCC=C(C)C. The molecule has 268 valence electrons. The molecule has 0 N–H and O–H groups in total. The first-order valence-electron chi connectivity index (χ1n) is 16.4. The number of esters is 2. The van der Waals surface area contributed by atoms with Gasteiger partial charge in [0.2, 0.25) is 0 Å². The number of hydrogen-bond acceptors (Lipinski definition) is 7. The summed E-state index contributed by atoms with van der Waals surface area (Å²) in [5.41, 5.74) is -0.560. The lowest BCUT2D eigenvalue weighted by Crippen LogP contribution is -2.57. The van der Waals surface area contributed by atoms with Crippen LogP contribution in [0.25, 0.3) is 0 Å². The second-order valence-electron chi connectivity index (χ2n) is 12.9. The highest BCUT2D eigenvalue weighted by atomic mass is 19.4. The van der Waals surface area contributed by atoms with E-state index in [4.69, 9.17) is 23.7 Å². The highest BCUT2D eigenvalue weighted by Crippen LogP contribution is 2.46. The maximum atomic E-state index is 14.7. The number of carbonyl (C=O) groups is 2. The average Bonchev–Trinajstić information content (AvgIpc) is 3.04. The van der Waals surface area contributed by atoms with Crippen LogP contribution >= 0.6 is 0 Å². The van der Waals surface area contributed by atoms with E-state index >= 15 is 0 Å². The van der Waals surface area contributed by atoms with Gasteiger partial charge in [0.1, 0.15) is 23.2 Å². The van der Waals surface area contributed by atoms with Crippen LogP contribution in [0.2, 0.25) is 0 Å². The van der Waals surface area contributed by atoms with E-state index in [1.165, 1.54) is 44.1 Å². The Kier molecular flexibility index (Phi) is 13.7. The number of allylic oxidation sites excluding steroid dienone is 5. The molecule has 0 saturated carbocycles. The van der Waals surface area contributed by atoms with Crippen molar-refractivity contribution in [3.8, 4) is 11.5 Å². The first-order valence-corrected chi connectivity index (χ1v) is 16.4. The molecule has 0 fully saturated rings. The number of ether oxygens (including phenoxy) is 5. The Balaban J connectivity index is 1.87. The molecule has 0 bridgehead atoms. The lowest BCUT2D eigenvalue weighted by atomic mass is 9.84. The van der Waals surface area contributed by atoms with Crippen LogP contribution in [0.3, 0.4) is 0 Å². The third kappa shape index (κ3) is 9.56. The van der Waals surface area contributed by atoms with Gasteiger partial charge in [-0.2, -0.15) is 13.2 Å². The Labute approximate surface area is 288 Å². The standard InChI is InChI=1S/C39H49F3O7/c1-26(2)15-12-18-29(35(43)46-7)19-13-16-27(3)17-14-22-37(5)33(25-30-24-32(45-6)23-28(4)34(30)49-37)48-36(44)38(47-8,39(40,41)42)31-20-10-9-11-21-31/h9-11,15,17,19-21,23-24,33H,12-14,16,18,22,25H2,1-8H3/b27-17+,29-19-/t33?,37?,38-/m1/s1. The number of halogens is 3. The van der Waals surface area contributed by atoms with Crippen LogP contribution in [0.1, 0.15) is 82.9 Å².